The first-order valence-corrected chi connectivity index (χ1v) is 11.5. The molecule has 0 aliphatic carbocycles. The van der Waals surface area contributed by atoms with Crippen molar-refractivity contribution in [3.63, 3.8) is 0 Å². The third-order valence-corrected chi connectivity index (χ3v) is 6.13. The molecule has 1 heterocycles. The van der Waals surface area contributed by atoms with Gasteiger partial charge in [-0.15, -0.1) is 0 Å². The molecule has 1 unspecified atom stereocenters. The number of anilines is 1. The minimum Gasteiger partial charge on any atom is -0.466 e. The van der Waals surface area contributed by atoms with E-state index < -0.39 is 29.6 Å². The summed E-state index contributed by atoms with van der Waals surface area (Å²) in [5, 5.41) is 0. The van der Waals surface area contributed by atoms with Crippen LogP contribution in [-0.2, 0) is 30.0 Å². The van der Waals surface area contributed by atoms with Gasteiger partial charge in [0.25, 0.3) is 0 Å². The molecule has 7 nitrogen and oxygen atoms in total. The minimum absolute atomic E-state index is 0.0117. The monoisotopic (exact) mass is 568 g/mol. The first-order valence-electron chi connectivity index (χ1n) is 10.7. The fourth-order valence-electron chi connectivity index (χ4n) is 3.96. The fraction of sp³-hybridized carbons (Fsp3) is 0.280. The molecule has 36 heavy (non-hydrogen) atoms. The van der Waals surface area contributed by atoms with E-state index in [-0.39, 0.29) is 41.6 Å². The van der Waals surface area contributed by atoms with Crippen molar-refractivity contribution in [1.82, 2.24) is 0 Å². The molecule has 0 amide bonds. The molecule has 192 valence electrons. The molecule has 0 saturated heterocycles. The van der Waals surface area contributed by atoms with Crippen LogP contribution in [0.5, 0.6) is 0 Å². The van der Waals surface area contributed by atoms with Crippen LogP contribution in [0.4, 0.5) is 18.9 Å². The molecule has 0 saturated carbocycles. The Kier molecular flexibility index (Phi) is 8.47. The lowest BCUT2D eigenvalue weighted by Gasteiger charge is -2.37. The lowest BCUT2D eigenvalue weighted by atomic mass is 9.80. The van der Waals surface area contributed by atoms with Crippen molar-refractivity contribution in [2.75, 3.05) is 32.3 Å². The average molecular weight is 569 g/mol. The zero-order valence-electron chi connectivity index (χ0n) is 19.7. The largest absolute Gasteiger partial charge is 0.466 e. The molecular weight excluding hydrogens is 545 g/mol. The number of nitrogens with two attached hydrogens (primary N) is 1. The van der Waals surface area contributed by atoms with Crippen molar-refractivity contribution >= 4 is 33.6 Å². The minimum atomic E-state index is -4.62. The van der Waals surface area contributed by atoms with Gasteiger partial charge >= 0.3 is 18.1 Å². The highest BCUT2D eigenvalue weighted by Crippen LogP contribution is 2.44. The van der Waals surface area contributed by atoms with Gasteiger partial charge in [-0.25, -0.2) is 9.59 Å². The number of allylic oxidation sites excluding steroid dienone is 1. The van der Waals surface area contributed by atoms with E-state index in [2.05, 4.69) is 15.9 Å². The molecule has 1 aliphatic heterocycles. The molecule has 11 heteroatoms. The number of rotatable bonds is 7. The standard InChI is InChI=1S/C25H24BrF3N2O5/c1-14-19(23(32)35-3)20(15-7-9-17(26)10-8-15)21(24(33)36-12-11-34-2)22(30)31(14)18-6-4-5-16(13-18)25(27,28)29/h4-10,13,20H,11-12,30H2,1-3H3. The van der Waals surface area contributed by atoms with Crippen LogP contribution < -0.4 is 10.6 Å². The Morgan fingerprint density at radius 2 is 1.69 bits per heavy atom. The maximum absolute atomic E-state index is 13.4. The number of hydrogen-bond acceptors (Lipinski definition) is 7. The second-order valence-corrected chi connectivity index (χ2v) is 8.70. The highest BCUT2D eigenvalue weighted by atomic mass is 79.9. The van der Waals surface area contributed by atoms with Crippen LogP contribution >= 0.6 is 15.9 Å². The van der Waals surface area contributed by atoms with E-state index in [4.69, 9.17) is 19.9 Å². The Morgan fingerprint density at radius 3 is 2.28 bits per heavy atom. The molecule has 0 aromatic heterocycles. The van der Waals surface area contributed by atoms with Gasteiger partial charge in [0, 0.05) is 23.0 Å². The van der Waals surface area contributed by atoms with Gasteiger partial charge in [-0.3, -0.25) is 0 Å². The number of esters is 2. The van der Waals surface area contributed by atoms with Crippen LogP contribution in [-0.4, -0.2) is 39.4 Å². The summed E-state index contributed by atoms with van der Waals surface area (Å²) in [6.45, 7) is 1.54. The fourth-order valence-corrected chi connectivity index (χ4v) is 4.22. The number of methoxy groups -OCH3 is 2. The van der Waals surface area contributed by atoms with Crippen LogP contribution in [0.3, 0.4) is 0 Å². The van der Waals surface area contributed by atoms with Gasteiger partial charge in [0.1, 0.15) is 12.4 Å². The lowest BCUT2D eigenvalue weighted by Crippen LogP contribution is -2.39. The smallest absolute Gasteiger partial charge is 0.416 e. The van der Waals surface area contributed by atoms with Crippen LogP contribution in [0.15, 0.2) is 75.7 Å². The first-order chi connectivity index (χ1) is 17.0. The third-order valence-electron chi connectivity index (χ3n) is 5.60. The molecule has 1 aliphatic rings. The normalized spacial score (nSPS) is 16.3. The second-order valence-electron chi connectivity index (χ2n) is 7.79. The molecule has 0 radical (unpaired) electrons. The molecular formula is C25H24BrF3N2O5. The summed E-state index contributed by atoms with van der Waals surface area (Å²) in [5.74, 6) is -2.78. The molecule has 0 fully saturated rings. The van der Waals surface area contributed by atoms with Crippen LogP contribution in [0.25, 0.3) is 0 Å². The van der Waals surface area contributed by atoms with Crippen molar-refractivity contribution < 1.29 is 37.0 Å². The van der Waals surface area contributed by atoms with E-state index in [1.54, 1.807) is 24.3 Å². The topological polar surface area (TPSA) is 91.1 Å². The number of ether oxygens (including phenoxy) is 3. The molecule has 0 spiro atoms. The number of benzene rings is 2. The van der Waals surface area contributed by atoms with Crippen LogP contribution in [0.2, 0.25) is 0 Å². The number of carbonyl (C=O) groups excluding carboxylic acids is 2. The SMILES string of the molecule is COCCOC(=O)C1=C(N)N(c2cccc(C(F)(F)F)c2)C(C)=C(C(=O)OC)C1c1ccc(Br)cc1. The third kappa shape index (κ3) is 5.57. The van der Waals surface area contributed by atoms with E-state index in [9.17, 15) is 22.8 Å². The summed E-state index contributed by atoms with van der Waals surface area (Å²) < 4.78 is 56.4. The molecule has 1 atom stereocenters. The maximum Gasteiger partial charge on any atom is 0.416 e. The molecule has 2 aromatic carbocycles. The van der Waals surface area contributed by atoms with Crippen molar-refractivity contribution in [1.29, 1.82) is 0 Å². The Labute approximate surface area is 214 Å². The zero-order chi connectivity index (χ0) is 26.6. The quantitative estimate of drug-likeness (QED) is 0.376. The summed E-state index contributed by atoms with van der Waals surface area (Å²) in [6, 6.07) is 11.3. The second kappa shape index (κ2) is 11.2. The molecule has 2 aromatic rings. The van der Waals surface area contributed by atoms with E-state index in [1.165, 1.54) is 38.2 Å². The predicted molar refractivity (Wildman–Crippen MR) is 130 cm³/mol. The number of alkyl halides is 3. The van der Waals surface area contributed by atoms with Gasteiger partial charge in [0.15, 0.2) is 0 Å². The lowest BCUT2D eigenvalue weighted by molar-refractivity contribution is -0.141. The number of nitrogens with zero attached hydrogens (tertiary/aromatic N) is 1. The van der Waals surface area contributed by atoms with E-state index in [1.807, 2.05) is 0 Å². The predicted octanol–water partition coefficient (Wildman–Crippen LogP) is 4.88. The molecule has 3 rings (SSSR count). The average Bonchev–Trinajstić information content (AvgIpc) is 2.83. The molecule has 0 bridgehead atoms. The van der Waals surface area contributed by atoms with Gasteiger partial charge < -0.3 is 24.8 Å². The summed E-state index contributed by atoms with van der Waals surface area (Å²) in [7, 11) is 2.61. The Hall–Kier alpha value is -3.31. The summed E-state index contributed by atoms with van der Waals surface area (Å²) >= 11 is 3.35. The van der Waals surface area contributed by atoms with E-state index in [0.717, 1.165) is 16.6 Å². The Bertz CT molecular complexity index is 1210. The van der Waals surface area contributed by atoms with E-state index >= 15 is 0 Å². The van der Waals surface area contributed by atoms with Crippen molar-refractivity contribution in [3.05, 3.63) is 86.8 Å². The van der Waals surface area contributed by atoms with Crippen LogP contribution in [0.1, 0.15) is 24.0 Å². The molecule has 2 N–H and O–H groups in total. The maximum atomic E-state index is 13.4. The number of hydrogen-bond donors (Lipinski definition) is 1. The van der Waals surface area contributed by atoms with Crippen molar-refractivity contribution in [2.45, 2.75) is 19.0 Å². The van der Waals surface area contributed by atoms with Gasteiger partial charge in [-0.2, -0.15) is 13.2 Å². The summed E-state index contributed by atoms with van der Waals surface area (Å²) in [4.78, 5) is 27.6. The van der Waals surface area contributed by atoms with Gasteiger partial charge in [-0.1, -0.05) is 34.1 Å². The highest BCUT2D eigenvalue weighted by molar-refractivity contribution is 9.10. The van der Waals surface area contributed by atoms with Crippen LogP contribution in [0, 0.1) is 0 Å². The van der Waals surface area contributed by atoms with Crippen molar-refractivity contribution in [2.24, 2.45) is 5.73 Å². The Morgan fingerprint density at radius 1 is 1.03 bits per heavy atom. The Balaban J connectivity index is 2.29. The summed E-state index contributed by atoms with van der Waals surface area (Å²) in [5.41, 5.74) is 6.22. The van der Waals surface area contributed by atoms with E-state index in [0.29, 0.717) is 5.56 Å². The zero-order valence-corrected chi connectivity index (χ0v) is 21.3. The first kappa shape index (κ1) is 27.3. The van der Waals surface area contributed by atoms with Gasteiger partial charge in [0.2, 0.25) is 0 Å². The summed E-state index contributed by atoms with van der Waals surface area (Å²) in [6.07, 6.45) is -4.62. The van der Waals surface area contributed by atoms with Crippen molar-refractivity contribution in [3.8, 4) is 0 Å². The number of halogens is 4. The van der Waals surface area contributed by atoms with Gasteiger partial charge in [0.05, 0.1) is 36.3 Å². The van der Waals surface area contributed by atoms with Gasteiger partial charge in [-0.05, 0) is 42.8 Å². The number of carbonyl (C=O) groups is 2. The highest BCUT2D eigenvalue weighted by Gasteiger charge is 2.42.